The van der Waals surface area contributed by atoms with Crippen LogP contribution in [0.3, 0.4) is 0 Å². The van der Waals surface area contributed by atoms with Crippen LogP contribution in [-0.2, 0) is 4.79 Å². The molecule has 2 rings (SSSR count). The average Bonchev–Trinajstić information content (AvgIpc) is 2.88. The van der Waals surface area contributed by atoms with Gasteiger partial charge in [-0.15, -0.1) is 11.3 Å². The molecule has 0 radical (unpaired) electrons. The Morgan fingerprint density at radius 1 is 1.65 bits per heavy atom. The van der Waals surface area contributed by atoms with E-state index in [1.165, 1.54) is 18.3 Å². The van der Waals surface area contributed by atoms with E-state index in [0.717, 1.165) is 19.4 Å². The molecule has 17 heavy (non-hydrogen) atoms. The van der Waals surface area contributed by atoms with E-state index in [4.69, 9.17) is 0 Å². The van der Waals surface area contributed by atoms with E-state index in [9.17, 15) is 9.59 Å². The van der Waals surface area contributed by atoms with Crippen LogP contribution in [0.15, 0.2) is 5.38 Å². The van der Waals surface area contributed by atoms with E-state index in [-0.39, 0.29) is 17.7 Å². The van der Waals surface area contributed by atoms with Crippen LogP contribution in [0.5, 0.6) is 0 Å². The van der Waals surface area contributed by atoms with Crippen LogP contribution in [0.1, 0.15) is 36.7 Å². The summed E-state index contributed by atoms with van der Waals surface area (Å²) in [5.74, 6) is -0.131. The maximum absolute atomic E-state index is 11.7. The summed E-state index contributed by atoms with van der Waals surface area (Å²) in [4.78, 5) is 26.8. The SMILES string of the molecule is CC(=O)c1csc(NC(=O)CC2CCCN2)n1. The summed E-state index contributed by atoms with van der Waals surface area (Å²) >= 11 is 1.28. The third-order valence-electron chi connectivity index (χ3n) is 2.71. The highest BCUT2D eigenvalue weighted by Gasteiger charge is 2.18. The Morgan fingerprint density at radius 2 is 2.47 bits per heavy atom. The molecule has 1 aromatic rings. The summed E-state index contributed by atoms with van der Waals surface area (Å²) in [5.41, 5.74) is 0.407. The number of carbonyl (C=O) groups is 2. The van der Waals surface area contributed by atoms with Crippen molar-refractivity contribution in [2.75, 3.05) is 11.9 Å². The van der Waals surface area contributed by atoms with Crippen LogP contribution in [0.4, 0.5) is 5.13 Å². The lowest BCUT2D eigenvalue weighted by atomic mass is 10.1. The molecule has 1 saturated heterocycles. The molecule has 1 unspecified atom stereocenters. The van der Waals surface area contributed by atoms with Gasteiger partial charge in [0, 0.05) is 24.8 Å². The van der Waals surface area contributed by atoms with Crippen LogP contribution >= 0.6 is 11.3 Å². The lowest BCUT2D eigenvalue weighted by Crippen LogP contribution is -2.27. The van der Waals surface area contributed by atoms with Gasteiger partial charge >= 0.3 is 0 Å². The third-order valence-corrected chi connectivity index (χ3v) is 3.46. The van der Waals surface area contributed by atoms with Crippen LogP contribution in [-0.4, -0.2) is 29.3 Å². The van der Waals surface area contributed by atoms with Gasteiger partial charge in [-0.05, 0) is 19.4 Å². The molecule has 1 aromatic heterocycles. The highest BCUT2D eigenvalue weighted by Crippen LogP contribution is 2.17. The summed E-state index contributed by atoms with van der Waals surface area (Å²) in [6.07, 6.45) is 2.64. The number of hydrogen-bond acceptors (Lipinski definition) is 5. The zero-order valence-electron chi connectivity index (χ0n) is 9.66. The van der Waals surface area contributed by atoms with Gasteiger partial charge in [0.2, 0.25) is 5.91 Å². The van der Waals surface area contributed by atoms with E-state index in [1.54, 1.807) is 5.38 Å². The van der Waals surface area contributed by atoms with E-state index < -0.39 is 0 Å². The minimum Gasteiger partial charge on any atom is -0.313 e. The largest absolute Gasteiger partial charge is 0.313 e. The molecule has 5 nitrogen and oxygen atoms in total. The summed E-state index contributed by atoms with van der Waals surface area (Å²) < 4.78 is 0. The molecule has 1 fully saturated rings. The second kappa shape index (κ2) is 5.37. The minimum absolute atomic E-state index is 0.0474. The number of anilines is 1. The molecule has 2 N–H and O–H groups in total. The average molecular weight is 253 g/mol. The molecular formula is C11H15N3O2S. The number of hydrogen-bond donors (Lipinski definition) is 2. The smallest absolute Gasteiger partial charge is 0.227 e. The Bertz CT molecular complexity index is 424. The summed E-state index contributed by atoms with van der Waals surface area (Å²) in [7, 11) is 0. The monoisotopic (exact) mass is 253 g/mol. The Hall–Kier alpha value is -1.27. The zero-order chi connectivity index (χ0) is 12.3. The molecule has 0 saturated carbocycles. The van der Waals surface area contributed by atoms with Gasteiger partial charge in [-0.25, -0.2) is 4.98 Å². The van der Waals surface area contributed by atoms with Crippen molar-refractivity contribution in [3.8, 4) is 0 Å². The lowest BCUT2D eigenvalue weighted by molar-refractivity contribution is -0.116. The van der Waals surface area contributed by atoms with Crippen LogP contribution in [0.2, 0.25) is 0 Å². The number of aromatic nitrogens is 1. The van der Waals surface area contributed by atoms with Gasteiger partial charge in [-0.2, -0.15) is 0 Å². The van der Waals surface area contributed by atoms with Crippen molar-refractivity contribution in [2.24, 2.45) is 0 Å². The summed E-state index contributed by atoms with van der Waals surface area (Å²) in [6, 6.07) is 0.280. The number of carbonyl (C=O) groups excluding carboxylic acids is 2. The Labute approximate surface area is 104 Å². The Balaban J connectivity index is 1.86. The molecule has 6 heteroatoms. The van der Waals surface area contributed by atoms with Crippen LogP contribution in [0.25, 0.3) is 0 Å². The topological polar surface area (TPSA) is 71.1 Å². The molecule has 0 bridgehead atoms. The van der Waals surface area contributed by atoms with E-state index in [2.05, 4.69) is 15.6 Å². The Kier molecular flexibility index (Phi) is 3.86. The number of Topliss-reactive ketones (excluding diaryl/α,β-unsaturated/α-hetero) is 1. The molecule has 1 aliphatic rings. The summed E-state index contributed by atoms with van der Waals surface area (Å²) in [5, 5.41) is 8.14. The molecule has 92 valence electrons. The molecule has 1 amide bonds. The zero-order valence-corrected chi connectivity index (χ0v) is 10.5. The van der Waals surface area contributed by atoms with Gasteiger partial charge in [0.05, 0.1) is 0 Å². The van der Waals surface area contributed by atoms with Gasteiger partial charge in [0.1, 0.15) is 5.69 Å². The highest BCUT2D eigenvalue weighted by molar-refractivity contribution is 7.14. The number of amides is 1. The van der Waals surface area contributed by atoms with Crippen molar-refractivity contribution in [1.82, 2.24) is 10.3 Å². The quantitative estimate of drug-likeness (QED) is 0.796. The fourth-order valence-corrected chi connectivity index (χ4v) is 2.58. The fraction of sp³-hybridized carbons (Fsp3) is 0.545. The van der Waals surface area contributed by atoms with Gasteiger partial charge < -0.3 is 10.6 Å². The number of rotatable bonds is 4. The molecule has 2 heterocycles. The summed E-state index contributed by atoms with van der Waals surface area (Å²) in [6.45, 7) is 2.45. The van der Waals surface area contributed by atoms with E-state index in [1.807, 2.05) is 0 Å². The highest BCUT2D eigenvalue weighted by atomic mass is 32.1. The first-order chi connectivity index (χ1) is 8.15. The molecular weight excluding hydrogens is 238 g/mol. The third kappa shape index (κ3) is 3.34. The first-order valence-corrected chi connectivity index (χ1v) is 6.53. The first kappa shape index (κ1) is 12.2. The van der Waals surface area contributed by atoms with E-state index >= 15 is 0 Å². The molecule has 1 atom stereocenters. The van der Waals surface area contributed by atoms with Gasteiger partial charge in [0.15, 0.2) is 10.9 Å². The second-order valence-electron chi connectivity index (χ2n) is 4.14. The van der Waals surface area contributed by atoms with Crippen molar-refractivity contribution in [3.63, 3.8) is 0 Å². The van der Waals surface area contributed by atoms with Crippen LogP contribution < -0.4 is 10.6 Å². The van der Waals surface area contributed by atoms with E-state index in [0.29, 0.717) is 17.2 Å². The normalized spacial score (nSPS) is 19.2. The number of thiazole rings is 1. The lowest BCUT2D eigenvalue weighted by Gasteiger charge is -2.08. The van der Waals surface area contributed by atoms with Gasteiger partial charge in [-0.1, -0.05) is 0 Å². The molecule has 1 aliphatic heterocycles. The number of nitrogens with one attached hydrogen (secondary N) is 2. The molecule has 0 spiro atoms. The number of ketones is 1. The van der Waals surface area contributed by atoms with Crippen molar-refractivity contribution in [3.05, 3.63) is 11.1 Å². The van der Waals surface area contributed by atoms with Gasteiger partial charge in [-0.3, -0.25) is 9.59 Å². The van der Waals surface area contributed by atoms with Crippen molar-refractivity contribution < 1.29 is 9.59 Å². The predicted octanol–water partition coefficient (Wildman–Crippen LogP) is 1.43. The standard InChI is InChI=1S/C11H15N3O2S/c1-7(15)9-6-17-11(13-9)14-10(16)5-8-3-2-4-12-8/h6,8,12H,2-5H2,1H3,(H,13,14,16). The molecule has 0 aliphatic carbocycles. The maximum atomic E-state index is 11.7. The number of nitrogens with zero attached hydrogens (tertiary/aromatic N) is 1. The molecule has 0 aromatic carbocycles. The van der Waals surface area contributed by atoms with Crippen molar-refractivity contribution in [2.45, 2.75) is 32.2 Å². The minimum atomic E-state index is -0.0841. The first-order valence-electron chi connectivity index (χ1n) is 5.65. The Morgan fingerprint density at radius 3 is 3.06 bits per heavy atom. The van der Waals surface area contributed by atoms with Crippen LogP contribution in [0, 0.1) is 0 Å². The van der Waals surface area contributed by atoms with Crippen molar-refractivity contribution >= 4 is 28.2 Å². The van der Waals surface area contributed by atoms with Crippen molar-refractivity contribution in [1.29, 1.82) is 0 Å². The predicted molar refractivity (Wildman–Crippen MR) is 66.4 cm³/mol. The maximum Gasteiger partial charge on any atom is 0.227 e. The van der Waals surface area contributed by atoms with Gasteiger partial charge in [0.25, 0.3) is 0 Å². The second-order valence-corrected chi connectivity index (χ2v) is 5.00. The fourth-order valence-electron chi connectivity index (χ4n) is 1.82.